The lowest BCUT2D eigenvalue weighted by Gasteiger charge is -2.08. The average molecular weight is 251 g/mol. The molecule has 1 rings (SSSR count). The van der Waals surface area contributed by atoms with Crippen LogP contribution in [0.5, 0.6) is 0 Å². The molecule has 1 aromatic rings. The van der Waals surface area contributed by atoms with Crippen molar-refractivity contribution < 1.29 is 22.3 Å². The molecule has 0 unspecified atom stereocenters. The van der Waals surface area contributed by atoms with Gasteiger partial charge < -0.3 is 10.5 Å². The van der Waals surface area contributed by atoms with Crippen molar-refractivity contribution in [2.45, 2.75) is 25.6 Å². The van der Waals surface area contributed by atoms with E-state index in [-0.39, 0.29) is 30.9 Å². The summed E-state index contributed by atoms with van der Waals surface area (Å²) in [6, 6.07) is 4.45. The fourth-order valence-corrected chi connectivity index (χ4v) is 1.27. The maximum atomic E-state index is 13.3. The van der Waals surface area contributed by atoms with Gasteiger partial charge in [-0.3, -0.25) is 0 Å². The summed E-state index contributed by atoms with van der Waals surface area (Å²) in [4.78, 5) is 0. The van der Waals surface area contributed by atoms with E-state index in [1.807, 2.05) is 0 Å². The fraction of sp³-hybridized carbons (Fsp3) is 0.455. The van der Waals surface area contributed by atoms with Crippen LogP contribution in [0, 0.1) is 5.82 Å². The zero-order valence-corrected chi connectivity index (χ0v) is 9.06. The van der Waals surface area contributed by atoms with Gasteiger partial charge in [-0.15, -0.1) is 0 Å². The number of hydrogen-bond acceptors (Lipinski definition) is 2. The van der Waals surface area contributed by atoms with Crippen molar-refractivity contribution in [1.82, 2.24) is 0 Å². The van der Waals surface area contributed by atoms with E-state index in [4.69, 9.17) is 10.5 Å². The summed E-state index contributed by atoms with van der Waals surface area (Å²) in [5.74, 6) is -0.580. The highest BCUT2D eigenvalue weighted by atomic mass is 19.4. The van der Waals surface area contributed by atoms with Gasteiger partial charge in [-0.25, -0.2) is 4.39 Å². The van der Waals surface area contributed by atoms with Gasteiger partial charge in [-0.05, 0) is 12.5 Å². The van der Waals surface area contributed by atoms with Gasteiger partial charge in [-0.2, -0.15) is 13.2 Å². The van der Waals surface area contributed by atoms with Crippen LogP contribution in [0.1, 0.15) is 18.4 Å². The Kier molecular flexibility index (Phi) is 4.74. The molecule has 2 nitrogen and oxygen atoms in total. The zero-order chi connectivity index (χ0) is 12.9. The third kappa shape index (κ3) is 5.04. The van der Waals surface area contributed by atoms with E-state index in [2.05, 4.69) is 0 Å². The average Bonchev–Trinajstić information content (AvgIpc) is 2.22. The second-order valence-electron chi connectivity index (χ2n) is 3.59. The third-order valence-electron chi connectivity index (χ3n) is 2.12. The standard InChI is InChI=1S/C11H13F4NO/c12-10-8(3-1-4-9(10)16)7-17-6-2-5-11(13,14)15/h1,3-4H,2,5-7,16H2. The number of anilines is 1. The number of hydrogen-bond donors (Lipinski definition) is 1. The lowest BCUT2D eigenvalue weighted by molar-refractivity contribution is -0.138. The molecule has 0 atom stereocenters. The number of benzene rings is 1. The predicted octanol–water partition coefficient (Wildman–Crippen LogP) is 3.27. The topological polar surface area (TPSA) is 35.2 Å². The van der Waals surface area contributed by atoms with Crippen molar-refractivity contribution in [3.05, 3.63) is 29.6 Å². The van der Waals surface area contributed by atoms with Crippen LogP contribution in [0.3, 0.4) is 0 Å². The lowest BCUT2D eigenvalue weighted by Crippen LogP contribution is -2.09. The summed E-state index contributed by atoms with van der Waals surface area (Å²) >= 11 is 0. The number of rotatable bonds is 5. The van der Waals surface area contributed by atoms with E-state index in [1.54, 1.807) is 6.07 Å². The Balaban J connectivity index is 2.29. The molecular weight excluding hydrogens is 238 g/mol. The van der Waals surface area contributed by atoms with Crippen molar-refractivity contribution in [2.24, 2.45) is 0 Å². The molecule has 1 aromatic carbocycles. The molecule has 0 amide bonds. The number of nitrogens with two attached hydrogens (primary N) is 1. The van der Waals surface area contributed by atoms with Gasteiger partial charge in [0, 0.05) is 18.6 Å². The van der Waals surface area contributed by atoms with E-state index >= 15 is 0 Å². The van der Waals surface area contributed by atoms with E-state index in [9.17, 15) is 17.6 Å². The van der Waals surface area contributed by atoms with Crippen LogP contribution in [0.4, 0.5) is 23.2 Å². The van der Waals surface area contributed by atoms with Crippen LogP contribution < -0.4 is 5.73 Å². The second-order valence-corrected chi connectivity index (χ2v) is 3.59. The van der Waals surface area contributed by atoms with Crippen LogP contribution in [0.2, 0.25) is 0 Å². The molecule has 0 saturated carbocycles. The first kappa shape index (κ1) is 13.8. The Hall–Kier alpha value is -1.30. The Morgan fingerprint density at radius 2 is 1.94 bits per heavy atom. The summed E-state index contributed by atoms with van der Waals surface area (Å²) in [6.45, 7) is -0.136. The van der Waals surface area contributed by atoms with Gasteiger partial charge in [0.15, 0.2) is 5.82 Å². The predicted molar refractivity (Wildman–Crippen MR) is 55.8 cm³/mol. The highest BCUT2D eigenvalue weighted by Crippen LogP contribution is 2.21. The molecule has 0 spiro atoms. The van der Waals surface area contributed by atoms with Gasteiger partial charge >= 0.3 is 6.18 Å². The fourth-order valence-electron chi connectivity index (χ4n) is 1.27. The normalized spacial score (nSPS) is 11.8. The molecule has 6 heteroatoms. The largest absolute Gasteiger partial charge is 0.396 e. The van der Waals surface area contributed by atoms with Gasteiger partial charge in [0.05, 0.1) is 12.3 Å². The molecule has 0 saturated heterocycles. The Morgan fingerprint density at radius 3 is 2.59 bits per heavy atom. The molecular formula is C11H13F4NO. The summed E-state index contributed by atoms with van der Waals surface area (Å²) in [5.41, 5.74) is 5.58. The SMILES string of the molecule is Nc1cccc(COCCCC(F)(F)F)c1F. The molecule has 0 fully saturated rings. The smallest absolute Gasteiger partial charge is 0.389 e. The van der Waals surface area contributed by atoms with Crippen molar-refractivity contribution in [3.63, 3.8) is 0 Å². The van der Waals surface area contributed by atoms with Crippen LogP contribution in [-0.2, 0) is 11.3 Å². The van der Waals surface area contributed by atoms with Crippen LogP contribution in [0.15, 0.2) is 18.2 Å². The van der Waals surface area contributed by atoms with Crippen LogP contribution in [-0.4, -0.2) is 12.8 Å². The summed E-state index contributed by atoms with van der Waals surface area (Å²) < 4.78 is 53.6. The first-order valence-electron chi connectivity index (χ1n) is 5.07. The lowest BCUT2D eigenvalue weighted by atomic mass is 10.2. The van der Waals surface area contributed by atoms with Gasteiger partial charge in [0.25, 0.3) is 0 Å². The number of alkyl halides is 3. The first-order valence-corrected chi connectivity index (χ1v) is 5.07. The van der Waals surface area contributed by atoms with Crippen molar-refractivity contribution in [1.29, 1.82) is 0 Å². The Labute approximate surface area is 96.4 Å². The van der Waals surface area contributed by atoms with Gasteiger partial charge in [0.1, 0.15) is 0 Å². The van der Waals surface area contributed by atoms with Crippen molar-refractivity contribution >= 4 is 5.69 Å². The third-order valence-corrected chi connectivity index (χ3v) is 2.12. The minimum Gasteiger partial charge on any atom is -0.396 e. The Bertz CT molecular complexity index is 365. The molecule has 0 bridgehead atoms. The number of ether oxygens (including phenoxy) is 1. The van der Waals surface area contributed by atoms with E-state index < -0.39 is 18.4 Å². The van der Waals surface area contributed by atoms with Gasteiger partial charge in [0.2, 0.25) is 0 Å². The van der Waals surface area contributed by atoms with E-state index in [0.29, 0.717) is 0 Å². The molecule has 96 valence electrons. The number of nitrogen functional groups attached to an aromatic ring is 1. The van der Waals surface area contributed by atoms with Crippen LogP contribution >= 0.6 is 0 Å². The van der Waals surface area contributed by atoms with Crippen molar-refractivity contribution in [2.75, 3.05) is 12.3 Å². The molecule has 17 heavy (non-hydrogen) atoms. The maximum Gasteiger partial charge on any atom is 0.389 e. The van der Waals surface area contributed by atoms with Gasteiger partial charge in [-0.1, -0.05) is 12.1 Å². The minimum atomic E-state index is -4.17. The van der Waals surface area contributed by atoms with Crippen molar-refractivity contribution in [3.8, 4) is 0 Å². The highest BCUT2D eigenvalue weighted by molar-refractivity contribution is 5.42. The molecule has 0 aromatic heterocycles. The van der Waals surface area contributed by atoms with Crippen LogP contribution in [0.25, 0.3) is 0 Å². The summed E-state index contributed by atoms with van der Waals surface area (Å²) in [7, 11) is 0. The van der Waals surface area contributed by atoms with E-state index in [0.717, 1.165) is 0 Å². The molecule has 0 heterocycles. The highest BCUT2D eigenvalue weighted by Gasteiger charge is 2.25. The molecule has 0 aliphatic carbocycles. The monoisotopic (exact) mass is 251 g/mol. The molecule has 0 aliphatic heterocycles. The zero-order valence-electron chi connectivity index (χ0n) is 9.06. The second kappa shape index (κ2) is 5.86. The number of halogens is 4. The summed E-state index contributed by atoms with van der Waals surface area (Å²) in [6.07, 6.45) is -5.20. The molecule has 0 radical (unpaired) electrons. The Morgan fingerprint density at radius 1 is 1.24 bits per heavy atom. The van der Waals surface area contributed by atoms with E-state index in [1.165, 1.54) is 12.1 Å². The maximum absolute atomic E-state index is 13.3. The molecule has 0 aliphatic rings. The minimum absolute atomic E-state index is 0.00129. The molecule has 2 N–H and O–H groups in total. The summed E-state index contributed by atoms with van der Waals surface area (Å²) in [5, 5.41) is 0. The quantitative estimate of drug-likeness (QED) is 0.495. The first-order chi connectivity index (χ1) is 7.90.